The van der Waals surface area contributed by atoms with Crippen LogP contribution < -0.4 is 30.6 Å². The quantitative estimate of drug-likeness (QED) is 0.128. The van der Waals surface area contributed by atoms with E-state index in [2.05, 4.69) is 172 Å². The van der Waals surface area contributed by atoms with Crippen molar-refractivity contribution in [2.45, 2.75) is 138 Å². The first-order valence-electron chi connectivity index (χ1n) is 35.2. The first-order valence-corrected chi connectivity index (χ1v) is 35.2. The van der Waals surface area contributed by atoms with E-state index in [0.29, 0.717) is 23.1 Å². The van der Waals surface area contributed by atoms with Crippen LogP contribution in [0.25, 0.3) is 107 Å². The van der Waals surface area contributed by atoms with Gasteiger partial charge in [-0.1, -0.05) is 187 Å². The summed E-state index contributed by atoms with van der Waals surface area (Å²) in [5.74, 6) is 2.56. The summed E-state index contributed by atoms with van der Waals surface area (Å²) < 4.78 is 120. The number of nitrogens with zero attached hydrogens (tertiary/aromatic N) is 21. The van der Waals surface area contributed by atoms with Crippen molar-refractivity contribution in [1.82, 2.24) is 105 Å². The van der Waals surface area contributed by atoms with Crippen LogP contribution in [0.3, 0.4) is 0 Å². The first kappa shape index (κ1) is 90.0. The van der Waals surface area contributed by atoms with Gasteiger partial charge in [0.2, 0.25) is 0 Å². The van der Waals surface area contributed by atoms with Gasteiger partial charge in [-0.05, 0) is 132 Å². The molecule has 16 aromatic rings. The molecule has 0 spiro atoms. The van der Waals surface area contributed by atoms with Gasteiger partial charge in [0, 0.05) is 108 Å². The predicted molar refractivity (Wildman–Crippen MR) is 409 cm³/mol. The molecule has 0 unspecified atom stereocenters. The zero-order valence-corrected chi connectivity index (χ0v) is 71.6. The molecule has 0 bridgehead atoms. The summed E-state index contributed by atoms with van der Waals surface area (Å²) in [4.78, 5) is 25.4. The van der Waals surface area contributed by atoms with Crippen LogP contribution in [0.1, 0.15) is 133 Å². The van der Waals surface area contributed by atoms with E-state index in [4.69, 9.17) is 0 Å². The minimum atomic E-state index is -4.50. The number of hydrogen-bond acceptors (Lipinski definition) is 12. The fourth-order valence-corrected chi connectivity index (χ4v) is 11.2. The van der Waals surface area contributed by atoms with E-state index in [9.17, 15) is 39.5 Å². The first-order chi connectivity index (χ1) is 52.7. The summed E-state index contributed by atoms with van der Waals surface area (Å²) in [5.41, 5.74) is 8.22. The van der Waals surface area contributed by atoms with Gasteiger partial charge in [-0.15, -0.1) is 0 Å². The van der Waals surface area contributed by atoms with Crippen LogP contribution in [0.5, 0.6) is 0 Å². The molecular formula is C82H78F9N21Pt3. The third-order valence-corrected chi connectivity index (χ3v) is 17.4. The molecule has 21 nitrogen and oxygen atoms in total. The van der Waals surface area contributed by atoms with Crippen molar-refractivity contribution < 1.29 is 103 Å². The molecule has 115 heavy (non-hydrogen) atoms. The Morgan fingerprint density at radius 1 is 0.330 bits per heavy atom. The number of rotatable bonds is 8. The molecule has 0 atom stereocenters. The average Bonchev–Trinajstić information content (AvgIpc) is 1.68. The van der Waals surface area contributed by atoms with Gasteiger partial charge in [0.05, 0.1) is 17.1 Å². The minimum absolute atomic E-state index is 0. The van der Waals surface area contributed by atoms with Gasteiger partial charge >= 0.3 is 81.7 Å². The van der Waals surface area contributed by atoms with Crippen molar-refractivity contribution in [3.05, 3.63) is 246 Å². The predicted octanol–water partition coefficient (Wildman–Crippen LogP) is 18.4. The maximum Gasteiger partial charge on any atom is 2.00 e. The van der Waals surface area contributed by atoms with Crippen LogP contribution in [-0.4, -0.2) is 74.2 Å². The van der Waals surface area contributed by atoms with Crippen molar-refractivity contribution in [3.63, 3.8) is 0 Å². The molecule has 33 heteroatoms. The Morgan fingerprint density at radius 3 is 0.965 bits per heavy atom. The second-order valence-electron chi connectivity index (χ2n) is 29.7. The molecule has 16 rings (SSSR count). The van der Waals surface area contributed by atoms with Crippen LogP contribution in [0.2, 0.25) is 0 Å². The fourth-order valence-electron chi connectivity index (χ4n) is 11.2. The molecule has 0 aliphatic heterocycles. The van der Waals surface area contributed by atoms with E-state index >= 15 is 0 Å². The molecule has 12 heterocycles. The van der Waals surface area contributed by atoms with E-state index in [1.54, 1.807) is 55.4 Å². The molecule has 0 saturated carbocycles. The van der Waals surface area contributed by atoms with Crippen molar-refractivity contribution in [1.29, 1.82) is 0 Å². The van der Waals surface area contributed by atoms with Crippen molar-refractivity contribution in [2.24, 2.45) is 7.05 Å². The summed E-state index contributed by atoms with van der Waals surface area (Å²) >= 11 is 0. The van der Waals surface area contributed by atoms with Gasteiger partial charge in [-0.2, -0.15) is 39.5 Å². The molecule has 604 valence electrons. The molecule has 0 radical (unpaired) electrons. The number of halogens is 9. The molecule has 0 N–H and O–H groups in total. The topological polar surface area (TPSA) is 254 Å². The number of aromatic nitrogens is 21. The molecule has 0 saturated heterocycles. The average molecular weight is 2110 g/mol. The van der Waals surface area contributed by atoms with Crippen LogP contribution in [0, 0.1) is 20.8 Å². The molecule has 12 aromatic heterocycles. The van der Waals surface area contributed by atoms with Crippen LogP contribution in [-0.2, 0) is 105 Å². The number of benzene rings is 4. The Labute approximate surface area is 700 Å². The van der Waals surface area contributed by atoms with E-state index in [1.165, 1.54) is 0 Å². The molecule has 4 aromatic carbocycles. The van der Waals surface area contributed by atoms with E-state index in [-0.39, 0.29) is 96.5 Å². The number of para-hydroxylation sites is 1. The van der Waals surface area contributed by atoms with Crippen molar-refractivity contribution >= 4 is 32.3 Å². The van der Waals surface area contributed by atoms with Gasteiger partial charge in [0.25, 0.3) is 0 Å². The number of pyridine rings is 3. The Kier molecular flexibility index (Phi) is 28.9. The number of imidazole rings is 3. The van der Waals surface area contributed by atoms with E-state index in [0.717, 1.165) is 125 Å². The molecule has 0 aliphatic carbocycles. The van der Waals surface area contributed by atoms with Crippen molar-refractivity contribution in [3.8, 4) is 74.4 Å². The van der Waals surface area contributed by atoms with E-state index < -0.39 is 35.6 Å². The second kappa shape index (κ2) is 36.9. The maximum atomic E-state index is 12.6. The van der Waals surface area contributed by atoms with E-state index in [1.807, 2.05) is 159 Å². The van der Waals surface area contributed by atoms with Crippen LogP contribution in [0.15, 0.2) is 195 Å². The molecular weight excluding hydrogens is 2040 g/mol. The number of alkyl halides is 9. The summed E-state index contributed by atoms with van der Waals surface area (Å²) in [7, 11) is 1.94. The Morgan fingerprint density at radius 2 is 0.652 bits per heavy atom. The normalized spacial score (nSPS) is 11.7. The summed E-state index contributed by atoms with van der Waals surface area (Å²) in [6, 6.07) is 42.3. The Bertz CT molecular complexity index is 5490. The second-order valence-corrected chi connectivity index (χ2v) is 29.7. The maximum absolute atomic E-state index is 12.6. The molecule has 0 fully saturated rings. The van der Waals surface area contributed by atoms with Crippen molar-refractivity contribution in [2.75, 3.05) is 0 Å². The summed E-state index contributed by atoms with van der Waals surface area (Å²) in [6.45, 7) is 29.0. The van der Waals surface area contributed by atoms with Gasteiger partial charge in [-0.25, -0.2) is 15.0 Å². The monoisotopic (exact) mass is 2110 g/mol. The number of hydrogen-bond donors (Lipinski definition) is 0. The molecule has 0 aliphatic rings. The van der Waals surface area contributed by atoms with Gasteiger partial charge in [0.15, 0.2) is 0 Å². The summed E-state index contributed by atoms with van der Waals surface area (Å²) in [5, 5.41) is 49.9. The standard InChI is InChI=1S/3C17H15F3N3.C13H11N4.C10H13N4.C8H9N4.3Pt/c3*1-16(2,3)12-5-4-10-9-21-13(7-11(10)6-12)14-8-15(23-22-14)17(18,19)20;1-10-9-12(16-15-10)13-14-7-8-17(13)11-5-3-2-4-6-11;1-7(2)14-5-4-11-10(14)9-6-8(3)12-13-9;1-6-5-7(11-10-6)8-9-3-4-12(8)2;;;/h3*4-9H,1-3H3;2-9H,1H3;4-7H,1-3H3;3-5H,1-2H3;;;/q6*-1;3*+2. The smallest absolute Gasteiger partial charge is 0.573 e. The van der Waals surface area contributed by atoms with Gasteiger partial charge in [-0.3, -0.25) is 15.0 Å². The summed E-state index contributed by atoms with van der Waals surface area (Å²) in [6.07, 6.45) is 2.50. The SMILES string of the molecule is CC(C)(C)c1ccc2cnc(-c3cc(C(F)(F)F)n[n-]3)cc2c1.CC(C)(C)c1ccc2cnc(-c3cc(C(F)(F)F)n[n-]3)cc2c1.CC(C)(C)c1ccc2cnc(-c3cc(C(F)(F)F)n[n-]3)cc2c1.Cc1cc(-c2nccn2-c2ccccc2)[n-]n1.Cc1cc(-c2nccn2C(C)C)[n-]n1.Cc1cc(-c2nccn2C)[n-]n1.[Pt+2].[Pt+2].[Pt+2]. The minimum Gasteiger partial charge on any atom is -0.573 e. The van der Waals surface area contributed by atoms with Gasteiger partial charge < -0.3 is 74.9 Å². The zero-order chi connectivity index (χ0) is 80.8. The number of aryl methyl sites for hydroxylation is 4. The third-order valence-electron chi connectivity index (χ3n) is 17.4. The zero-order valence-electron chi connectivity index (χ0n) is 64.8. The Hall–Kier alpha value is -10.6. The Balaban J connectivity index is 0.000000174. The molecule has 0 amide bonds. The fraction of sp³-hybridized carbons (Fsp3) is 0.268. The van der Waals surface area contributed by atoms with Crippen LogP contribution >= 0.6 is 0 Å². The number of fused-ring (bicyclic) bond motifs is 3. The van der Waals surface area contributed by atoms with Crippen LogP contribution in [0.4, 0.5) is 39.5 Å². The third kappa shape index (κ3) is 22.9. The van der Waals surface area contributed by atoms with Gasteiger partial charge in [0.1, 0.15) is 34.6 Å². The largest absolute Gasteiger partial charge is 2.00 e.